The van der Waals surface area contributed by atoms with E-state index < -0.39 is 0 Å². The van der Waals surface area contributed by atoms with Crippen LogP contribution in [0.4, 0.5) is 0 Å². The summed E-state index contributed by atoms with van der Waals surface area (Å²) >= 11 is 1.72. The van der Waals surface area contributed by atoms with E-state index in [1.807, 2.05) is 24.5 Å². The van der Waals surface area contributed by atoms with Crippen LogP contribution in [0.2, 0.25) is 0 Å². The Hall–Kier alpha value is -1.87. The Kier molecular flexibility index (Phi) is 2.53. The first kappa shape index (κ1) is 10.3. The molecule has 0 saturated heterocycles. The Bertz CT molecular complexity index is 643. The zero-order valence-electron chi connectivity index (χ0n) is 9.38. The van der Waals surface area contributed by atoms with Crippen molar-refractivity contribution in [3.63, 3.8) is 0 Å². The number of hydrogen-bond acceptors (Lipinski definition) is 3. The lowest BCUT2D eigenvalue weighted by molar-refractivity contribution is 0.415. The Balaban J connectivity index is 2.13. The van der Waals surface area contributed by atoms with Gasteiger partial charge in [-0.05, 0) is 29.1 Å². The van der Waals surface area contributed by atoms with E-state index in [4.69, 9.17) is 4.74 Å². The molecule has 0 spiro atoms. The molecular weight excluding hydrogens is 230 g/mol. The first-order chi connectivity index (χ1) is 8.38. The molecule has 0 amide bonds. The molecule has 2 nitrogen and oxygen atoms in total. The van der Waals surface area contributed by atoms with Crippen LogP contribution in [-0.4, -0.2) is 12.1 Å². The van der Waals surface area contributed by atoms with Gasteiger partial charge in [0.05, 0.1) is 11.8 Å². The molecule has 3 rings (SSSR count). The number of rotatable bonds is 2. The van der Waals surface area contributed by atoms with Gasteiger partial charge in [0.1, 0.15) is 5.75 Å². The summed E-state index contributed by atoms with van der Waals surface area (Å²) in [6.07, 6.45) is 3.75. The van der Waals surface area contributed by atoms with Gasteiger partial charge in [-0.1, -0.05) is 12.1 Å². The summed E-state index contributed by atoms with van der Waals surface area (Å²) in [5.74, 6) is 0.884. The summed E-state index contributed by atoms with van der Waals surface area (Å²) in [6.45, 7) is 0. The SMILES string of the molecule is COc1ccc(-c2csc3cnccc23)cc1. The van der Waals surface area contributed by atoms with E-state index in [0.717, 1.165) is 5.75 Å². The van der Waals surface area contributed by atoms with Gasteiger partial charge in [0.15, 0.2) is 0 Å². The minimum absolute atomic E-state index is 0.884. The summed E-state index contributed by atoms with van der Waals surface area (Å²) in [4.78, 5) is 4.14. The molecule has 0 fully saturated rings. The minimum Gasteiger partial charge on any atom is -0.497 e. The molecule has 0 unspecified atom stereocenters. The van der Waals surface area contributed by atoms with Crippen molar-refractivity contribution in [2.45, 2.75) is 0 Å². The monoisotopic (exact) mass is 241 g/mol. The summed E-state index contributed by atoms with van der Waals surface area (Å²) in [5.41, 5.74) is 2.47. The first-order valence-corrected chi connectivity index (χ1v) is 6.22. The largest absolute Gasteiger partial charge is 0.497 e. The Morgan fingerprint density at radius 3 is 2.71 bits per heavy atom. The number of aromatic nitrogens is 1. The molecule has 3 aromatic rings. The number of fused-ring (bicyclic) bond motifs is 1. The van der Waals surface area contributed by atoms with E-state index in [2.05, 4.69) is 28.6 Å². The molecule has 84 valence electrons. The highest BCUT2D eigenvalue weighted by molar-refractivity contribution is 7.17. The van der Waals surface area contributed by atoms with Gasteiger partial charge >= 0.3 is 0 Å². The minimum atomic E-state index is 0.884. The fraction of sp³-hybridized carbons (Fsp3) is 0.0714. The lowest BCUT2D eigenvalue weighted by Gasteiger charge is -2.02. The standard InChI is InChI=1S/C14H11NOS/c1-16-11-4-2-10(3-5-11)13-9-17-14-8-15-7-6-12(13)14/h2-9H,1H3. The second kappa shape index (κ2) is 4.18. The molecule has 0 aliphatic rings. The Labute approximate surface area is 104 Å². The fourth-order valence-electron chi connectivity index (χ4n) is 1.88. The van der Waals surface area contributed by atoms with Crippen molar-refractivity contribution in [1.82, 2.24) is 4.98 Å². The van der Waals surface area contributed by atoms with Crippen molar-refractivity contribution < 1.29 is 4.74 Å². The van der Waals surface area contributed by atoms with Crippen molar-refractivity contribution in [2.75, 3.05) is 7.11 Å². The summed E-state index contributed by atoms with van der Waals surface area (Å²) in [6, 6.07) is 10.2. The topological polar surface area (TPSA) is 22.1 Å². The Morgan fingerprint density at radius 1 is 1.12 bits per heavy atom. The average molecular weight is 241 g/mol. The molecule has 2 aromatic heterocycles. The lowest BCUT2D eigenvalue weighted by Crippen LogP contribution is -1.82. The predicted molar refractivity (Wildman–Crippen MR) is 71.6 cm³/mol. The molecule has 0 N–H and O–H groups in total. The number of nitrogens with zero attached hydrogens (tertiary/aromatic N) is 1. The van der Waals surface area contributed by atoms with Crippen LogP contribution in [0.5, 0.6) is 5.75 Å². The normalized spacial score (nSPS) is 10.6. The highest BCUT2D eigenvalue weighted by Gasteiger charge is 2.05. The second-order valence-electron chi connectivity index (χ2n) is 3.75. The third-order valence-corrected chi connectivity index (χ3v) is 3.71. The number of thiophene rings is 1. The molecule has 3 heteroatoms. The molecule has 0 atom stereocenters. The van der Waals surface area contributed by atoms with Gasteiger partial charge in [0.2, 0.25) is 0 Å². The van der Waals surface area contributed by atoms with E-state index in [9.17, 15) is 0 Å². The molecule has 2 heterocycles. The number of pyridine rings is 1. The van der Waals surface area contributed by atoms with Crippen molar-refractivity contribution >= 4 is 21.4 Å². The van der Waals surface area contributed by atoms with Gasteiger partial charge < -0.3 is 4.74 Å². The van der Waals surface area contributed by atoms with Crippen molar-refractivity contribution in [3.8, 4) is 16.9 Å². The second-order valence-corrected chi connectivity index (χ2v) is 4.66. The average Bonchev–Trinajstić information content (AvgIpc) is 2.83. The van der Waals surface area contributed by atoms with Gasteiger partial charge in [-0.15, -0.1) is 11.3 Å². The molecule has 1 aromatic carbocycles. The van der Waals surface area contributed by atoms with Gasteiger partial charge in [-0.3, -0.25) is 4.98 Å². The highest BCUT2D eigenvalue weighted by Crippen LogP contribution is 2.33. The van der Waals surface area contributed by atoms with Gasteiger partial charge in [0, 0.05) is 23.3 Å². The molecule has 17 heavy (non-hydrogen) atoms. The van der Waals surface area contributed by atoms with Crippen molar-refractivity contribution in [1.29, 1.82) is 0 Å². The quantitative estimate of drug-likeness (QED) is 0.677. The molecule has 0 radical (unpaired) electrons. The Morgan fingerprint density at radius 2 is 1.94 bits per heavy atom. The van der Waals surface area contributed by atoms with Crippen molar-refractivity contribution in [3.05, 3.63) is 48.1 Å². The van der Waals surface area contributed by atoms with E-state index >= 15 is 0 Å². The maximum atomic E-state index is 5.17. The van der Waals surface area contributed by atoms with E-state index in [1.165, 1.54) is 21.2 Å². The summed E-state index contributed by atoms with van der Waals surface area (Å²) in [5, 5.41) is 3.43. The van der Waals surface area contributed by atoms with Crippen LogP contribution >= 0.6 is 11.3 Å². The molecule has 0 aliphatic heterocycles. The van der Waals surface area contributed by atoms with Crippen LogP contribution in [0.25, 0.3) is 21.2 Å². The van der Waals surface area contributed by atoms with Crippen LogP contribution in [0.15, 0.2) is 48.1 Å². The maximum Gasteiger partial charge on any atom is 0.118 e. The molecular formula is C14H11NOS. The smallest absolute Gasteiger partial charge is 0.118 e. The van der Waals surface area contributed by atoms with Crippen LogP contribution in [-0.2, 0) is 0 Å². The zero-order chi connectivity index (χ0) is 11.7. The van der Waals surface area contributed by atoms with Gasteiger partial charge in [0.25, 0.3) is 0 Å². The number of benzene rings is 1. The summed E-state index contributed by atoms with van der Waals surface area (Å²) < 4.78 is 6.39. The van der Waals surface area contributed by atoms with E-state index in [1.54, 1.807) is 18.4 Å². The zero-order valence-corrected chi connectivity index (χ0v) is 10.2. The summed E-state index contributed by atoms with van der Waals surface area (Å²) in [7, 11) is 1.68. The molecule has 0 saturated carbocycles. The maximum absolute atomic E-state index is 5.17. The fourth-order valence-corrected chi connectivity index (χ4v) is 2.81. The van der Waals surface area contributed by atoms with Gasteiger partial charge in [-0.2, -0.15) is 0 Å². The predicted octanol–water partition coefficient (Wildman–Crippen LogP) is 3.97. The number of hydrogen-bond donors (Lipinski definition) is 0. The number of methoxy groups -OCH3 is 1. The molecule has 0 bridgehead atoms. The van der Waals surface area contributed by atoms with Crippen LogP contribution in [0, 0.1) is 0 Å². The first-order valence-electron chi connectivity index (χ1n) is 5.34. The third-order valence-electron chi connectivity index (χ3n) is 2.78. The van der Waals surface area contributed by atoms with Crippen LogP contribution < -0.4 is 4.74 Å². The van der Waals surface area contributed by atoms with Crippen LogP contribution in [0.3, 0.4) is 0 Å². The van der Waals surface area contributed by atoms with E-state index in [0.29, 0.717) is 0 Å². The van der Waals surface area contributed by atoms with Crippen LogP contribution in [0.1, 0.15) is 0 Å². The highest BCUT2D eigenvalue weighted by atomic mass is 32.1. The third kappa shape index (κ3) is 1.78. The lowest BCUT2D eigenvalue weighted by atomic mass is 10.1. The van der Waals surface area contributed by atoms with Gasteiger partial charge in [-0.25, -0.2) is 0 Å². The molecule has 0 aliphatic carbocycles. The van der Waals surface area contributed by atoms with Crippen molar-refractivity contribution in [2.24, 2.45) is 0 Å². The van der Waals surface area contributed by atoms with E-state index in [-0.39, 0.29) is 0 Å². The number of ether oxygens (including phenoxy) is 1.